The van der Waals surface area contributed by atoms with Gasteiger partial charge in [-0.1, -0.05) is 0 Å². The lowest BCUT2D eigenvalue weighted by Crippen LogP contribution is -2.06. The number of thiophene rings is 1. The molecule has 0 aliphatic carbocycles. The first-order chi connectivity index (χ1) is 6.15. The molecule has 0 spiro atoms. The third-order valence-electron chi connectivity index (χ3n) is 2.05. The molecule has 1 aromatic heterocycles. The minimum Gasteiger partial charge on any atom is -0.322 e. The zero-order chi connectivity index (χ0) is 9.84. The van der Waals surface area contributed by atoms with Crippen LogP contribution in [0.1, 0.15) is 34.7 Å². The Kier molecular flexibility index (Phi) is 3.53. The Bertz CT molecular complexity index is 321. The Labute approximate surface area is 84.0 Å². The summed E-state index contributed by atoms with van der Waals surface area (Å²) in [5.74, 6) is 5.87. The monoisotopic (exact) mass is 193 g/mol. The molecule has 2 heteroatoms. The molecule has 1 aromatic rings. The molecule has 0 saturated heterocycles. The maximum Gasteiger partial charge on any atom is 0.0500 e. The predicted octanol–water partition coefficient (Wildman–Crippen LogP) is 2.78. The highest BCUT2D eigenvalue weighted by molar-refractivity contribution is 7.12. The van der Waals surface area contributed by atoms with Crippen LogP contribution in [0.5, 0.6) is 0 Å². The Morgan fingerprint density at radius 1 is 1.54 bits per heavy atom. The molecule has 1 rings (SSSR count). The molecule has 1 unspecified atom stereocenters. The van der Waals surface area contributed by atoms with E-state index < -0.39 is 0 Å². The van der Waals surface area contributed by atoms with E-state index in [1.165, 1.54) is 15.3 Å². The van der Waals surface area contributed by atoms with Crippen molar-refractivity contribution in [1.29, 1.82) is 0 Å². The summed E-state index contributed by atoms with van der Waals surface area (Å²) in [5, 5.41) is 0. The second kappa shape index (κ2) is 4.45. The van der Waals surface area contributed by atoms with Crippen LogP contribution in [0, 0.1) is 25.7 Å². The topological polar surface area (TPSA) is 26.0 Å². The summed E-state index contributed by atoms with van der Waals surface area (Å²) >= 11 is 1.78. The van der Waals surface area contributed by atoms with Gasteiger partial charge < -0.3 is 5.73 Å². The highest BCUT2D eigenvalue weighted by atomic mass is 32.1. The Morgan fingerprint density at radius 3 is 2.69 bits per heavy atom. The first kappa shape index (κ1) is 10.3. The van der Waals surface area contributed by atoms with Gasteiger partial charge in [-0.2, -0.15) is 0 Å². The number of nitrogens with two attached hydrogens (primary N) is 1. The van der Waals surface area contributed by atoms with Gasteiger partial charge in [-0.05, 0) is 32.4 Å². The van der Waals surface area contributed by atoms with Gasteiger partial charge in [-0.3, -0.25) is 0 Å². The Balaban J connectivity index is 2.75. The molecule has 0 aromatic carbocycles. The number of rotatable bonds is 2. The molecule has 0 aliphatic rings. The number of hydrogen-bond donors (Lipinski definition) is 1. The van der Waals surface area contributed by atoms with E-state index in [1.54, 1.807) is 11.3 Å². The molecule has 1 atom stereocenters. The molecule has 1 nitrogen and oxygen atoms in total. The van der Waals surface area contributed by atoms with Crippen molar-refractivity contribution >= 4 is 11.3 Å². The molecule has 0 saturated carbocycles. The van der Waals surface area contributed by atoms with Gasteiger partial charge in [0.05, 0.1) is 6.04 Å². The normalized spacial score (nSPS) is 12.0. The fourth-order valence-corrected chi connectivity index (χ4v) is 2.14. The first-order valence-electron chi connectivity index (χ1n) is 4.37. The summed E-state index contributed by atoms with van der Waals surface area (Å²) in [7, 11) is 0. The van der Waals surface area contributed by atoms with E-state index in [2.05, 4.69) is 31.8 Å². The van der Waals surface area contributed by atoms with Crippen molar-refractivity contribution in [3.8, 4) is 11.8 Å². The summed E-state index contributed by atoms with van der Waals surface area (Å²) in [6, 6.07) is 2.26. The summed E-state index contributed by atoms with van der Waals surface area (Å²) in [4.78, 5) is 2.60. The molecule has 0 aliphatic heterocycles. The molecule has 2 N–H and O–H groups in total. The largest absolute Gasteiger partial charge is 0.322 e. The average Bonchev–Trinajstić information content (AvgIpc) is 2.43. The van der Waals surface area contributed by atoms with Crippen molar-refractivity contribution in [2.45, 2.75) is 33.2 Å². The summed E-state index contributed by atoms with van der Waals surface area (Å²) < 4.78 is 0. The molecular formula is C11H15NS. The second-order valence-corrected chi connectivity index (χ2v) is 4.41. The van der Waals surface area contributed by atoms with Crippen molar-refractivity contribution in [1.82, 2.24) is 0 Å². The van der Waals surface area contributed by atoms with Gasteiger partial charge in [0.15, 0.2) is 0 Å². The van der Waals surface area contributed by atoms with Gasteiger partial charge in [-0.15, -0.1) is 23.2 Å². The van der Waals surface area contributed by atoms with Crippen LogP contribution < -0.4 is 5.73 Å². The van der Waals surface area contributed by atoms with Crippen LogP contribution in [0.4, 0.5) is 0 Å². The van der Waals surface area contributed by atoms with Gasteiger partial charge in [-0.25, -0.2) is 0 Å². The highest BCUT2D eigenvalue weighted by Gasteiger charge is 2.08. The smallest absolute Gasteiger partial charge is 0.0500 e. The maximum absolute atomic E-state index is 5.97. The maximum atomic E-state index is 5.97. The van der Waals surface area contributed by atoms with Crippen molar-refractivity contribution < 1.29 is 0 Å². The van der Waals surface area contributed by atoms with Crippen LogP contribution in [-0.4, -0.2) is 0 Å². The van der Waals surface area contributed by atoms with Gasteiger partial charge in [0.2, 0.25) is 0 Å². The van der Waals surface area contributed by atoms with Crippen LogP contribution in [0.15, 0.2) is 6.07 Å². The number of aryl methyl sites for hydroxylation is 2. The van der Waals surface area contributed by atoms with Gasteiger partial charge >= 0.3 is 0 Å². The zero-order valence-electron chi connectivity index (χ0n) is 8.35. The molecule has 0 amide bonds. The van der Waals surface area contributed by atoms with Gasteiger partial charge in [0, 0.05) is 16.2 Å². The van der Waals surface area contributed by atoms with E-state index >= 15 is 0 Å². The van der Waals surface area contributed by atoms with Gasteiger partial charge in [0.1, 0.15) is 0 Å². The van der Waals surface area contributed by atoms with Crippen molar-refractivity contribution in [2.24, 2.45) is 5.73 Å². The third kappa shape index (κ3) is 2.58. The molecule has 13 heavy (non-hydrogen) atoms. The Hall–Kier alpha value is -0.780. The van der Waals surface area contributed by atoms with Crippen LogP contribution in [0.2, 0.25) is 0 Å². The van der Waals surface area contributed by atoms with E-state index in [4.69, 9.17) is 5.73 Å². The zero-order valence-corrected chi connectivity index (χ0v) is 9.16. The van der Waals surface area contributed by atoms with E-state index in [0.29, 0.717) is 0 Å². The second-order valence-electron chi connectivity index (χ2n) is 3.13. The van der Waals surface area contributed by atoms with E-state index in [-0.39, 0.29) is 6.04 Å². The lowest BCUT2D eigenvalue weighted by Gasteiger charge is -2.03. The van der Waals surface area contributed by atoms with Crippen molar-refractivity contribution in [2.75, 3.05) is 0 Å². The van der Waals surface area contributed by atoms with Crippen LogP contribution in [-0.2, 0) is 0 Å². The van der Waals surface area contributed by atoms with E-state index in [9.17, 15) is 0 Å². The quantitative estimate of drug-likeness (QED) is 0.718. The standard InChI is InChI=1S/C11H15NS/c1-4-5-6-10(12)11-7-8(2)9(3)13-11/h7,10H,6,12H2,1-3H3. The van der Waals surface area contributed by atoms with Gasteiger partial charge in [0.25, 0.3) is 0 Å². The average molecular weight is 193 g/mol. The first-order valence-corrected chi connectivity index (χ1v) is 5.19. The van der Waals surface area contributed by atoms with Crippen molar-refractivity contribution in [3.63, 3.8) is 0 Å². The lowest BCUT2D eigenvalue weighted by molar-refractivity contribution is 0.770. The fourth-order valence-electron chi connectivity index (χ4n) is 1.10. The van der Waals surface area contributed by atoms with Crippen LogP contribution >= 0.6 is 11.3 Å². The Morgan fingerprint density at radius 2 is 2.23 bits per heavy atom. The minimum absolute atomic E-state index is 0.0878. The van der Waals surface area contributed by atoms with Crippen LogP contribution in [0.3, 0.4) is 0 Å². The SMILES string of the molecule is CC#CCC(N)c1cc(C)c(C)s1. The third-order valence-corrected chi connectivity index (χ3v) is 3.33. The summed E-state index contributed by atoms with van der Waals surface area (Å²) in [6.07, 6.45) is 0.760. The molecule has 70 valence electrons. The summed E-state index contributed by atoms with van der Waals surface area (Å²) in [5.41, 5.74) is 7.30. The molecule has 0 bridgehead atoms. The molecule has 0 fully saturated rings. The molecular weight excluding hydrogens is 178 g/mol. The van der Waals surface area contributed by atoms with Crippen molar-refractivity contribution in [3.05, 3.63) is 21.4 Å². The predicted molar refractivity (Wildman–Crippen MR) is 58.8 cm³/mol. The van der Waals surface area contributed by atoms with E-state index in [1.807, 2.05) is 6.92 Å². The molecule has 0 radical (unpaired) electrons. The van der Waals surface area contributed by atoms with E-state index in [0.717, 1.165) is 6.42 Å². The minimum atomic E-state index is 0.0878. The number of hydrogen-bond acceptors (Lipinski definition) is 2. The summed E-state index contributed by atoms with van der Waals surface area (Å²) in [6.45, 7) is 6.09. The fraction of sp³-hybridized carbons (Fsp3) is 0.455. The lowest BCUT2D eigenvalue weighted by atomic mass is 10.1. The molecule has 1 heterocycles. The highest BCUT2D eigenvalue weighted by Crippen LogP contribution is 2.26. The van der Waals surface area contributed by atoms with Crippen LogP contribution in [0.25, 0.3) is 0 Å².